The quantitative estimate of drug-likeness (QED) is 0.809. The molecule has 0 unspecified atom stereocenters. The number of benzene rings is 2. The zero-order valence-electron chi connectivity index (χ0n) is 12.0. The smallest absolute Gasteiger partial charge is 0.0896 e. The van der Waals surface area contributed by atoms with Crippen LogP contribution in [0, 0.1) is 12.8 Å². The average Bonchev–Trinajstić information content (AvgIpc) is 2.96. The van der Waals surface area contributed by atoms with Crippen LogP contribution < -0.4 is 5.32 Å². The summed E-state index contributed by atoms with van der Waals surface area (Å²) < 4.78 is 6.05. The first-order valence-corrected chi connectivity index (χ1v) is 7.84. The second-order valence-electron chi connectivity index (χ2n) is 6.01. The van der Waals surface area contributed by atoms with Crippen molar-refractivity contribution in [2.45, 2.75) is 25.5 Å². The molecule has 108 valence electrons. The molecular formula is C18H18ClNO. The molecule has 4 rings (SSSR count). The fourth-order valence-electron chi connectivity index (χ4n) is 3.62. The summed E-state index contributed by atoms with van der Waals surface area (Å²) in [4.78, 5) is 0. The van der Waals surface area contributed by atoms with Gasteiger partial charge < -0.3 is 10.1 Å². The average molecular weight is 300 g/mol. The van der Waals surface area contributed by atoms with Crippen molar-refractivity contribution in [3.05, 3.63) is 64.2 Å². The van der Waals surface area contributed by atoms with E-state index >= 15 is 0 Å². The highest BCUT2D eigenvalue weighted by atomic mass is 35.5. The van der Waals surface area contributed by atoms with E-state index in [2.05, 4.69) is 42.6 Å². The van der Waals surface area contributed by atoms with Crippen LogP contribution in [0.5, 0.6) is 0 Å². The molecule has 1 fully saturated rings. The van der Waals surface area contributed by atoms with E-state index in [1.807, 2.05) is 12.1 Å². The fourth-order valence-corrected chi connectivity index (χ4v) is 3.82. The molecule has 2 aliphatic heterocycles. The number of anilines is 1. The number of ether oxygens (including phenoxy) is 1. The lowest BCUT2D eigenvalue weighted by Gasteiger charge is -2.36. The van der Waals surface area contributed by atoms with Gasteiger partial charge in [-0.3, -0.25) is 0 Å². The molecule has 2 nitrogen and oxygen atoms in total. The fraction of sp³-hybridized carbons (Fsp3) is 0.333. The van der Waals surface area contributed by atoms with Gasteiger partial charge in [-0.25, -0.2) is 0 Å². The Labute approximate surface area is 130 Å². The van der Waals surface area contributed by atoms with E-state index in [0.29, 0.717) is 5.92 Å². The molecule has 0 amide bonds. The third-order valence-electron chi connectivity index (χ3n) is 4.60. The first-order valence-electron chi connectivity index (χ1n) is 7.46. The molecule has 21 heavy (non-hydrogen) atoms. The van der Waals surface area contributed by atoms with Crippen LogP contribution in [0.15, 0.2) is 42.5 Å². The maximum absolute atomic E-state index is 6.17. The number of hydrogen-bond donors (Lipinski definition) is 1. The van der Waals surface area contributed by atoms with Crippen LogP contribution >= 0.6 is 11.6 Å². The van der Waals surface area contributed by atoms with Crippen molar-refractivity contribution in [1.29, 1.82) is 0 Å². The van der Waals surface area contributed by atoms with Gasteiger partial charge in [0.1, 0.15) is 0 Å². The Bertz CT molecular complexity index is 685. The summed E-state index contributed by atoms with van der Waals surface area (Å²) >= 11 is 6.17. The minimum atomic E-state index is 0.199. The van der Waals surface area contributed by atoms with Crippen LogP contribution in [0.4, 0.5) is 5.69 Å². The molecule has 3 heteroatoms. The van der Waals surface area contributed by atoms with Crippen LogP contribution in [-0.2, 0) is 4.74 Å². The van der Waals surface area contributed by atoms with Gasteiger partial charge in [-0.05, 0) is 37.1 Å². The highest BCUT2D eigenvalue weighted by Gasteiger charge is 2.41. The molecule has 0 saturated carbocycles. The van der Waals surface area contributed by atoms with Crippen molar-refractivity contribution in [2.24, 2.45) is 5.92 Å². The molecule has 3 atom stereocenters. The van der Waals surface area contributed by atoms with Crippen molar-refractivity contribution in [3.8, 4) is 0 Å². The molecule has 0 bridgehead atoms. The van der Waals surface area contributed by atoms with Gasteiger partial charge in [0.2, 0.25) is 0 Å². The molecule has 2 aromatic rings. The molecule has 0 aliphatic carbocycles. The molecule has 2 heterocycles. The summed E-state index contributed by atoms with van der Waals surface area (Å²) in [7, 11) is 0. The second-order valence-corrected chi connectivity index (χ2v) is 6.45. The maximum atomic E-state index is 6.17. The van der Waals surface area contributed by atoms with Crippen LogP contribution in [-0.4, -0.2) is 6.61 Å². The lowest BCUT2D eigenvalue weighted by molar-refractivity contribution is 0.0829. The summed E-state index contributed by atoms with van der Waals surface area (Å²) in [5.41, 5.74) is 5.02. The highest BCUT2D eigenvalue weighted by Crippen LogP contribution is 2.50. The Morgan fingerprint density at radius 3 is 2.95 bits per heavy atom. The number of nitrogens with one attached hydrogen (secondary N) is 1. The number of fused-ring (bicyclic) bond motifs is 3. The minimum Gasteiger partial charge on any atom is -0.378 e. The lowest BCUT2D eigenvalue weighted by Crippen LogP contribution is -2.29. The molecule has 1 N–H and O–H groups in total. The molecule has 0 spiro atoms. The van der Waals surface area contributed by atoms with Gasteiger partial charge in [-0.15, -0.1) is 0 Å². The van der Waals surface area contributed by atoms with Crippen LogP contribution in [0.1, 0.15) is 35.3 Å². The molecule has 1 saturated heterocycles. The van der Waals surface area contributed by atoms with Crippen LogP contribution in [0.3, 0.4) is 0 Å². The normalized spacial score (nSPS) is 26.9. The summed E-state index contributed by atoms with van der Waals surface area (Å²) in [5.74, 6) is 0.470. The van der Waals surface area contributed by atoms with E-state index in [1.54, 1.807) is 0 Å². The topological polar surface area (TPSA) is 21.3 Å². The second kappa shape index (κ2) is 5.04. The Balaban J connectivity index is 1.79. The Kier molecular flexibility index (Phi) is 3.16. The maximum Gasteiger partial charge on any atom is 0.0896 e. The first kappa shape index (κ1) is 13.2. The largest absolute Gasteiger partial charge is 0.378 e. The van der Waals surface area contributed by atoms with Gasteiger partial charge in [0.25, 0.3) is 0 Å². The molecule has 2 aromatic carbocycles. The lowest BCUT2D eigenvalue weighted by atomic mass is 9.80. The van der Waals surface area contributed by atoms with E-state index in [0.717, 1.165) is 18.1 Å². The van der Waals surface area contributed by atoms with Crippen molar-refractivity contribution in [1.82, 2.24) is 0 Å². The number of rotatable bonds is 1. The Hall–Kier alpha value is -1.51. The van der Waals surface area contributed by atoms with Crippen molar-refractivity contribution in [3.63, 3.8) is 0 Å². The van der Waals surface area contributed by atoms with Crippen molar-refractivity contribution >= 4 is 17.3 Å². The van der Waals surface area contributed by atoms with E-state index in [4.69, 9.17) is 16.3 Å². The van der Waals surface area contributed by atoms with Crippen molar-refractivity contribution < 1.29 is 4.74 Å². The molecule has 2 aliphatic rings. The molecule has 0 radical (unpaired) electrons. The summed E-state index contributed by atoms with van der Waals surface area (Å²) in [6, 6.07) is 15.0. The van der Waals surface area contributed by atoms with E-state index < -0.39 is 0 Å². The van der Waals surface area contributed by atoms with E-state index in [1.165, 1.54) is 22.4 Å². The monoisotopic (exact) mass is 299 g/mol. The Morgan fingerprint density at radius 2 is 2.10 bits per heavy atom. The zero-order valence-corrected chi connectivity index (χ0v) is 12.7. The van der Waals surface area contributed by atoms with E-state index in [-0.39, 0.29) is 12.1 Å². The number of hydrogen-bond acceptors (Lipinski definition) is 2. The summed E-state index contributed by atoms with van der Waals surface area (Å²) in [6.45, 7) is 2.97. The highest BCUT2D eigenvalue weighted by molar-refractivity contribution is 6.30. The first-order chi connectivity index (χ1) is 10.2. The van der Waals surface area contributed by atoms with Gasteiger partial charge in [0.15, 0.2) is 0 Å². The van der Waals surface area contributed by atoms with Gasteiger partial charge in [0, 0.05) is 28.8 Å². The third kappa shape index (κ3) is 2.23. The third-order valence-corrected chi connectivity index (χ3v) is 4.83. The van der Waals surface area contributed by atoms with Gasteiger partial charge in [-0.1, -0.05) is 41.4 Å². The van der Waals surface area contributed by atoms with Crippen molar-refractivity contribution in [2.75, 3.05) is 11.9 Å². The number of aryl methyl sites for hydroxylation is 1. The predicted molar refractivity (Wildman–Crippen MR) is 85.8 cm³/mol. The SMILES string of the molecule is Cc1ccc2c(c1)[C@@H]1OCC[C@@H]1[C@H](c1cccc(Cl)c1)N2. The zero-order chi connectivity index (χ0) is 14.4. The van der Waals surface area contributed by atoms with Crippen LogP contribution in [0.25, 0.3) is 0 Å². The standard InChI is InChI=1S/C18H18ClNO/c1-11-5-6-16-15(9-11)18-14(7-8-21-18)17(20-16)12-3-2-4-13(19)10-12/h2-6,9-10,14,17-18,20H,7-8H2,1H3/t14-,17+,18-/m1/s1. The van der Waals surface area contributed by atoms with Gasteiger partial charge in [0.05, 0.1) is 12.1 Å². The molecular weight excluding hydrogens is 282 g/mol. The van der Waals surface area contributed by atoms with Crippen LogP contribution in [0.2, 0.25) is 5.02 Å². The van der Waals surface area contributed by atoms with Gasteiger partial charge >= 0.3 is 0 Å². The Morgan fingerprint density at radius 1 is 1.19 bits per heavy atom. The predicted octanol–water partition coefficient (Wildman–Crippen LogP) is 4.89. The van der Waals surface area contributed by atoms with Gasteiger partial charge in [-0.2, -0.15) is 0 Å². The summed E-state index contributed by atoms with van der Waals surface area (Å²) in [5, 5.41) is 4.49. The van der Waals surface area contributed by atoms with E-state index in [9.17, 15) is 0 Å². The number of halogens is 1. The minimum absolute atomic E-state index is 0.199. The molecule has 0 aromatic heterocycles. The summed E-state index contributed by atoms with van der Waals surface area (Å²) in [6.07, 6.45) is 1.28.